The van der Waals surface area contributed by atoms with Gasteiger partial charge in [-0.3, -0.25) is 24.4 Å². The second-order valence-corrected chi connectivity index (χ2v) is 10.4. The first-order valence-corrected chi connectivity index (χ1v) is 14.2. The standard InChI is InChI=1S/C33H32N6O3/c40-31(29-13-11-25(23-34-29)32(41)38-19-15-36(16-20-38)27-7-3-1-4-8-27)30-14-12-26(24-35-30)33(42)39-21-17-37(18-22-39)28-9-5-2-6-10-28/h1-14,23-24H,15-22H2. The van der Waals surface area contributed by atoms with Crippen LogP contribution >= 0.6 is 0 Å². The molecule has 6 rings (SSSR count). The van der Waals surface area contributed by atoms with Crippen molar-refractivity contribution in [2.45, 2.75) is 0 Å². The molecule has 2 fully saturated rings. The van der Waals surface area contributed by atoms with E-state index in [1.54, 1.807) is 24.3 Å². The highest BCUT2D eigenvalue weighted by Gasteiger charge is 2.25. The van der Waals surface area contributed by atoms with Crippen LogP contribution in [-0.2, 0) is 0 Å². The second kappa shape index (κ2) is 12.2. The van der Waals surface area contributed by atoms with Crippen LogP contribution in [0.25, 0.3) is 0 Å². The van der Waals surface area contributed by atoms with Crippen molar-refractivity contribution in [1.29, 1.82) is 0 Å². The minimum atomic E-state index is -0.360. The Bertz CT molecular complexity index is 1410. The van der Waals surface area contributed by atoms with E-state index >= 15 is 0 Å². The second-order valence-electron chi connectivity index (χ2n) is 10.4. The van der Waals surface area contributed by atoms with Gasteiger partial charge in [0.2, 0.25) is 5.78 Å². The van der Waals surface area contributed by atoms with Gasteiger partial charge in [-0.1, -0.05) is 36.4 Å². The molecule has 0 bridgehead atoms. The molecule has 2 saturated heterocycles. The van der Waals surface area contributed by atoms with Crippen LogP contribution in [0.5, 0.6) is 0 Å². The van der Waals surface area contributed by atoms with Crippen LogP contribution in [0.15, 0.2) is 97.3 Å². The molecule has 2 aromatic heterocycles. The van der Waals surface area contributed by atoms with Crippen LogP contribution in [0.3, 0.4) is 0 Å². The topological polar surface area (TPSA) is 90.0 Å². The number of ketones is 1. The lowest BCUT2D eigenvalue weighted by Gasteiger charge is -2.36. The molecule has 0 radical (unpaired) electrons. The lowest BCUT2D eigenvalue weighted by molar-refractivity contribution is 0.0739. The highest BCUT2D eigenvalue weighted by Crippen LogP contribution is 2.19. The van der Waals surface area contributed by atoms with E-state index in [0.29, 0.717) is 37.3 Å². The number of hydrogen-bond acceptors (Lipinski definition) is 7. The molecule has 0 aliphatic carbocycles. The van der Waals surface area contributed by atoms with Crippen LogP contribution in [0, 0.1) is 0 Å². The number of amides is 2. The molecule has 4 heterocycles. The predicted octanol–water partition coefficient (Wildman–Crippen LogP) is 3.63. The van der Waals surface area contributed by atoms with Crippen LogP contribution in [-0.4, -0.2) is 89.7 Å². The molecule has 2 aliphatic heterocycles. The summed E-state index contributed by atoms with van der Waals surface area (Å²) in [7, 11) is 0. The maximum Gasteiger partial charge on any atom is 0.255 e. The molecule has 212 valence electrons. The summed E-state index contributed by atoms with van der Waals surface area (Å²) in [5, 5.41) is 0. The fourth-order valence-corrected chi connectivity index (χ4v) is 5.42. The minimum Gasteiger partial charge on any atom is -0.368 e. The maximum atomic E-state index is 13.0. The molecular weight excluding hydrogens is 528 g/mol. The zero-order valence-electron chi connectivity index (χ0n) is 23.3. The largest absolute Gasteiger partial charge is 0.368 e. The molecule has 0 N–H and O–H groups in total. The number of para-hydroxylation sites is 2. The van der Waals surface area contributed by atoms with E-state index < -0.39 is 0 Å². The fourth-order valence-electron chi connectivity index (χ4n) is 5.42. The van der Waals surface area contributed by atoms with Crippen molar-refractivity contribution < 1.29 is 14.4 Å². The van der Waals surface area contributed by atoms with Crippen molar-refractivity contribution in [2.75, 3.05) is 62.2 Å². The van der Waals surface area contributed by atoms with Crippen molar-refractivity contribution in [3.05, 3.63) is 120 Å². The van der Waals surface area contributed by atoms with Crippen molar-refractivity contribution in [3.8, 4) is 0 Å². The Hall–Kier alpha value is -5.05. The SMILES string of the molecule is O=C(c1ccc(C(=O)N2CCN(c3ccccc3)CC2)cn1)c1ccc(C(=O)N2CCN(c3ccccc3)CC2)cn1. The van der Waals surface area contributed by atoms with Gasteiger partial charge in [0.05, 0.1) is 11.1 Å². The monoisotopic (exact) mass is 560 g/mol. The van der Waals surface area contributed by atoms with Gasteiger partial charge >= 0.3 is 0 Å². The van der Waals surface area contributed by atoms with Gasteiger partial charge in [0.1, 0.15) is 11.4 Å². The van der Waals surface area contributed by atoms with E-state index in [0.717, 1.165) is 37.6 Å². The quantitative estimate of drug-likeness (QED) is 0.333. The summed E-state index contributed by atoms with van der Waals surface area (Å²) in [6.07, 6.45) is 2.90. The van der Waals surface area contributed by atoms with Crippen LogP contribution < -0.4 is 9.80 Å². The summed E-state index contributed by atoms with van der Waals surface area (Å²) in [6, 6.07) is 26.7. The number of anilines is 2. The van der Waals surface area contributed by atoms with Crippen molar-refractivity contribution in [2.24, 2.45) is 0 Å². The van der Waals surface area contributed by atoms with E-state index in [4.69, 9.17) is 0 Å². The van der Waals surface area contributed by atoms with Crippen molar-refractivity contribution in [3.63, 3.8) is 0 Å². The average Bonchev–Trinajstić information content (AvgIpc) is 3.08. The van der Waals surface area contributed by atoms with Gasteiger partial charge in [-0.05, 0) is 48.5 Å². The third-order valence-electron chi connectivity index (χ3n) is 7.86. The van der Waals surface area contributed by atoms with E-state index in [1.165, 1.54) is 12.4 Å². The smallest absolute Gasteiger partial charge is 0.255 e. The third-order valence-corrected chi connectivity index (χ3v) is 7.86. The van der Waals surface area contributed by atoms with Gasteiger partial charge in [0.15, 0.2) is 0 Å². The highest BCUT2D eigenvalue weighted by atomic mass is 16.2. The molecule has 4 aromatic rings. The normalized spacial score (nSPS) is 15.4. The number of pyridine rings is 2. The molecule has 2 amide bonds. The summed E-state index contributed by atoms with van der Waals surface area (Å²) in [5.41, 5.74) is 3.60. The summed E-state index contributed by atoms with van der Waals surface area (Å²) >= 11 is 0. The molecule has 2 aromatic carbocycles. The molecule has 0 saturated carbocycles. The fraction of sp³-hybridized carbons (Fsp3) is 0.242. The minimum absolute atomic E-state index is 0.0974. The number of benzene rings is 2. The molecule has 0 unspecified atom stereocenters. The zero-order valence-corrected chi connectivity index (χ0v) is 23.3. The molecule has 0 spiro atoms. The van der Waals surface area contributed by atoms with Gasteiger partial charge < -0.3 is 19.6 Å². The molecular formula is C33H32N6O3. The Morgan fingerprint density at radius 1 is 0.476 bits per heavy atom. The van der Waals surface area contributed by atoms with Crippen molar-refractivity contribution in [1.82, 2.24) is 19.8 Å². The molecule has 9 nitrogen and oxygen atoms in total. The first-order valence-electron chi connectivity index (χ1n) is 14.2. The lowest BCUT2D eigenvalue weighted by Crippen LogP contribution is -2.48. The Labute approximate surface area is 245 Å². The number of aromatic nitrogens is 2. The van der Waals surface area contributed by atoms with Gasteiger partial charge in [-0.25, -0.2) is 0 Å². The number of piperazine rings is 2. The molecule has 0 atom stereocenters. The van der Waals surface area contributed by atoms with Gasteiger partial charge in [-0.15, -0.1) is 0 Å². The first kappa shape index (κ1) is 27.1. The number of nitrogens with zero attached hydrogens (tertiary/aromatic N) is 6. The predicted molar refractivity (Wildman–Crippen MR) is 161 cm³/mol. The summed E-state index contributed by atoms with van der Waals surface area (Å²) in [6.45, 7) is 5.50. The molecule has 42 heavy (non-hydrogen) atoms. The molecule has 2 aliphatic rings. The first-order chi connectivity index (χ1) is 20.6. The van der Waals surface area contributed by atoms with E-state index in [2.05, 4.69) is 44.0 Å². The zero-order chi connectivity index (χ0) is 28.9. The van der Waals surface area contributed by atoms with Gasteiger partial charge in [0.25, 0.3) is 11.8 Å². The number of rotatable bonds is 6. The number of hydrogen-bond donors (Lipinski definition) is 0. The van der Waals surface area contributed by atoms with E-state index in [-0.39, 0.29) is 29.0 Å². The summed E-state index contributed by atoms with van der Waals surface area (Å²) in [4.78, 5) is 55.8. The Balaban J connectivity index is 1.03. The number of carbonyl (C=O) groups excluding carboxylic acids is 3. The van der Waals surface area contributed by atoms with Crippen LogP contribution in [0.1, 0.15) is 36.9 Å². The number of carbonyl (C=O) groups is 3. The lowest BCUT2D eigenvalue weighted by atomic mass is 10.1. The van der Waals surface area contributed by atoms with Gasteiger partial charge in [0, 0.05) is 76.1 Å². The Morgan fingerprint density at radius 3 is 1.19 bits per heavy atom. The summed E-state index contributed by atoms with van der Waals surface area (Å²) in [5.74, 6) is -0.555. The van der Waals surface area contributed by atoms with Crippen LogP contribution in [0.2, 0.25) is 0 Å². The highest BCUT2D eigenvalue weighted by molar-refractivity contribution is 6.07. The average molecular weight is 561 g/mol. The Morgan fingerprint density at radius 2 is 0.857 bits per heavy atom. The summed E-state index contributed by atoms with van der Waals surface area (Å²) < 4.78 is 0. The molecule has 9 heteroatoms. The van der Waals surface area contributed by atoms with E-state index in [9.17, 15) is 14.4 Å². The third kappa shape index (κ3) is 5.85. The van der Waals surface area contributed by atoms with Crippen molar-refractivity contribution >= 4 is 29.0 Å². The van der Waals surface area contributed by atoms with E-state index in [1.807, 2.05) is 46.2 Å². The maximum absolute atomic E-state index is 13.0. The van der Waals surface area contributed by atoms with Gasteiger partial charge in [-0.2, -0.15) is 0 Å². The van der Waals surface area contributed by atoms with Crippen LogP contribution in [0.4, 0.5) is 11.4 Å². The Kier molecular flexibility index (Phi) is 7.89.